The highest BCUT2D eigenvalue weighted by atomic mass is 79.9. The Morgan fingerprint density at radius 2 is 2.00 bits per heavy atom. The molecule has 0 N–H and O–H groups in total. The molecule has 17 heavy (non-hydrogen) atoms. The van der Waals surface area contributed by atoms with Gasteiger partial charge in [-0.1, -0.05) is 13.8 Å². The molecule has 0 saturated carbocycles. The van der Waals surface area contributed by atoms with E-state index in [1.54, 1.807) is 12.1 Å². The van der Waals surface area contributed by atoms with Crippen molar-refractivity contribution in [1.29, 1.82) is 5.26 Å². The molecule has 2 nitrogen and oxygen atoms in total. The molecule has 92 valence electrons. The molecule has 0 saturated heterocycles. The van der Waals surface area contributed by atoms with Crippen LogP contribution in [-0.2, 0) is 0 Å². The van der Waals surface area contributed by atoms with Crippen molar-refractivity contribution < 1.29 is 4.39 Å². The van der Waals surface area contributed by atoms with Gasteiger partial charge in [-0.05, 0) is 40.9 Å². The Labute approximate surface area is 110 Å². The van der Waals surface area contributed by atoms with E-state index < -0.39 is 0 Å². The SMILES string of the molecule is CCC(CC)N(C)c1ccc(C#N)c(Br)c1F. The van der Waals surface area contributed by atoms with Crippen molar-refractivity contribution in [3.05, 3.63) is 28.0 Å². The summed E-state index contributed by atoms with van der Waals surface area (Å²) < 4.78 is 14.3. The lowest BCUT2D eigenvalue weighted by Crippen LogP contribution is -2.31. The molecule has 0 radical (unpaired) electrons. The van der Waals surface area contributed by atoms with Gasteiger partial charge in [-0.25, -0.2) is 4.39 Å². The molecular formula is C13H16BrFN2. The van der Waals surface area contributed by atoms with Gasteiger partial charge in [-0.2, -0.15) is 5.26 Å². The Bertz CT molecular complexity index is 436. The maximum atomic E-state index is 14.1. The third kappa shape index (κ3) is 2.78. The summed E-state index contributed by atoms with van der Waals surface area (Å²) in [4.78, 5) is 1.93. The molecule has 0 aromatic heterocycles. The van der Waals surface area contributed by atoms with Gasteiger partial charge >= 0.3 is 0 Å². The van der Waals surface area contributed by atoms with Gasteiger partial charge in [0.25, 0.3) is 0 Å². The van der Waals surface area contributed by atoms with Crippen LogP contribution in [-0.4, -0.2) is 13.1 Å². The summed E-state index contributed by atoms with van der Waals surface area (Å²) in [7, 11) is 1.88. The van der Waals surface area contributed by atoms with Gasteiger partial charge in [0.2, 0.25) is 0 Å². The lowest BCUT2D eigenvalue weighted by molar-refractivity contribution is 0.563. The predicted molar refractivity (Wildman–Crippen MR) is 71.6 cm³/mol. The van der Waals surface area contributed by atoms with Gasteiger partial charge in [-0.3, -0.25) is 0 Å². The second kappa shape index (κ2) is 6.02. The summed E-state index contributed by atoms with van der Waals surface area (Å²) in [5, 5.41) is 8.81. The highest BCUT2D eigenvalue weighted by Crippen LogP contribution is 2.30. The number of anilines is 1. The predicted octanol–water partition coefficient (Wildman–Crippen LogP) is 4.08. The molecule has 1 rings (SSSR count). The van der Waals surface area contributed by atoms with Gasteiger partial charge in [0, 0.05) is 13.1 Å². The molecule has 1 aromatic carbocycles. The first kappa shape index (κ1) is 14.0. The van der Waals surface area contributed by atoms with Crippen LogP contribution in [0.3, 0.4) is 0 Å². The fourth-order valence-corrected chi connectivity index (χ4v) is 2.36. The van der Waals surface area contributed by atoms with Crippen LogP contribution in [0.2, 0.25) is 0 Å². The first-order valence-corrected chi connectivity index (χ1v) is 6.46. The van der Waals surface area contributed by atoms with Crippen molar-refractivity contribution in [2.45, 2.75) is 32.7 Å². The maximum Gasteiger partial charge on any atom is 0.161 e. The van der Waals surface area contributed by atoms with Crippen molar-refractivity contribution in [1.82, 2.24) is 0 Å². The van der Waals surface area contributed by atoms with Crippen LogP contribution in [0.25, 0.3) is 0 Å². The zero-order chi connectivity index (χ0) is 13.0. The Morgan fingerprint density at radius 3 is 2.47 bits per heavy atom. The second-order valence-corrected chi connectivity index (χ2v) is 4.75. The fraction of sp³-hybridized carbons (Fsp3) is 0.462. The van der Waals surface area contributed by atoms with Crippen molar-refractivity contribution in [2.24, 2.45) is 0 Å². The Balaban J connectivity index is 3.16. The molecule has 0 atom stereocenters. The van der Waals surface area contributed by atoms with Crippen LogP contribution in [0.5, 0.6) is 0 Å². The quantitative estimate of drug-likeness (QED) is 0.837. The molecule has 0 fully saturated rings. The van der Waals surface area contributed by atoms with Crippen LogP contribution < -0.4 is 4.90 Å². The Hall–Kier alpha value is -1.08. The number of benzene rings is 1. The minimum Gasteiger partial charge on any atom is -0.369 e. The van der Waals surface area contributed by atoms with E-state index in [1.807, 2.05) is 18.0 Å². The van der Waals surface area contributed by atoms with Crippen molar-refractivity contribution >= 4 is 21.6 Å². The number of halogens is 2. The molecule has 0 heterocycles. The largest absolute Gasteiger partial charge is 0.369 e. The number of nitrogens with zero attached hydrogens (tertiary/aromatic N) is 2. The smallest absolute Gasteiger partial charge is 0.161 e. The zero-order valence-electron chi connectivity index (χ0n) is 10.3. The number of hydrogen-bond donors (Lipinski definition) is 0. The van der Waals surface area contributed by atoms with E-state index in [4.69, 9.17) is 5.26 Å². The minimum atomic E-state index is -0.363. The first-order chi connectivity index (χ1) is 8.06. The van der Waals surface area contributed by atoms with Gasteiger partial charge in [-0.15, -0.1) is 0 Å². The van der Waals surface area contributed by atoms with Gasteiger partial charge in [0.05, 0.1) is 15.7 Å². The fourth-order valence-electron chi connectivity index (χ4n) is 1.93. The summed E-state index contributed by atoms with van der Waals surface area (Å²) in [6.07, 6.45) is 1.92. The molecule has 1 aromatic rings. The van der Waals surface area contributed by atoms with Crippen LogP contribution in [0.1, 0.15) is 32.3 Å². The molecule has 0 aliphatic carbocycles. The van der Waals surface area contributed by atoms with E-state index in [2.05, 4.69) is 29.8 Å². The summed E-state index contributed by atoms with van der Waals surface area (Å²) in [6, 6.07) is 5.57. The van der Waals surface area contributed by atoms with Crippen molar-refractivity contribution in [3.63, 3.8) is 0 Å². The monoisotopic (exact) mass is 298 g/mol. The van der Waals surface area contributed by atoms with Gasteiger partial charge in [0.1, 0.15) is 6.07 Å². The molecule has 0 spiro atoms. The van der Waals surface area contributed by atoms with E-state index in [9.17, 15) is 4.39 Å². The summed E-state index contributed by atoms with van der Waals surface area (Å²) in [6.45, 7) is 4.17. The number of rotatable bonds is 4. The van der Waals surface area contributed by atoms with E-state index in [0.29, 0.717) is 17.3 Å². The topological polar surface area (TPSA) is 27.0 Å². The van der Waals surface area contributed by atoms with Crippen molar-refractivity contribution in [2.75, 3.05) is 11.9 Å². The van der Waals surface area contributed by atoms with Crippen LogP contribution in [0, 0.1) is 17.1 Å². The number of nitriles is 1. The standard InChI is InChI=1S/C13H16BrFN2/c1-4-10(5-2)17(3)11-7-6-9(8-16)12(14)13(11)15/h6-7,10H,4-5H2,1-3H3. The Kier molecular flexibility index (Phi) is 4.95. The lowest BCUT2D eigenvalue weighted by Gasteiger charge is -2.29. The highest BCUT2D eigenvalue weighted by molar-refractivity contribution is 9.10. The molecular weight excluding hydrogens is 283 g/mol. The van der Waals surface area contributed by atoms with Crippen LogP contribution in [0.4, 0.5) is 10.1 Å². The first-order valence-electron chi connectivity index (χ1n) is 5.67. The van der Waals surface area contributed by atoms with Crippen molar-refractivity contribution in [3.8, 4) is 6.07 Å². The van der Waals surface area contributed by atoms with E-state index in [0.717, 1.165) is 12.8 Å². The lowest BCUT2D eigenvalue weighted by atomic mass is 10.1. The molecule has 0 amide bonds. The molecule has 0 unspecified atom stereocenters. The normalized spacial score (nSPS) is 10.4. The Morgan fingerprint density at radius 1 is 1.41 bits per heavy atom. The van der Waals surface area contributed by atoms with Gasteiger partial charge in [0.15, 0.2) is 5.82 Å². The summed E-state index contributed by atoms with van der Waals surface area (Å²) in [5.74, 6) is -0.363. The molecule has 0 bridgehead atoms. The summed E-state index contributed by atoms with van der Waals surface area (Å²) >= 11 is 3.13. The second-order valence-electron chi connectivity index (χ2n) is 3.95. The highest BCUT2D eigenvalue weighted by Gasteiger charge is 2.18. The molecule has 0 aliphatic heterocycles. The average Bonchev–Trinajstić information content (AvgIpc) is 2.34. The molecule has 0 aliphatic rings. The van der Waals surface area contributed by atoms with E-state index in [1.165, 1.54) is 0 Å². The number of hydrogen-bond acceptors (Lipinski definition) is 2. The van der Waals surface area contributed by atoms with Crippen LogP contribution in [0.15, 0.2) is 16.6 Å². The zero-order valence-corrected chi connectivity index (χ0v) is 11.9. The third-order valence-corrected chi connectivity index (χ3v) is 3.83. The average molecular weight is 299 g/mol. The summed E-state index contributed by atoms with van der Waals surface area (Å²) in [5.41, 5.74) is 0.855. The van der Waals surface area contributed by atoms with E-state index >= 15 is 0 Å². The minimum absolute atomic E-state index is 0.246. The maximum absolute atomic E-state index is 14.1. The molecule has 4 heteroatoms. The third-order valence-electron chi connectivity index (χ3n) is 3.05. The van der Waals surface area contributed by atoms with Gasteiger partial charge < -0.3 is 4.90 Å². The van der Waals surface area contributed by atoms with Crippen LogP contribution >= 0.6 is 15.9 Å². The van der Waals surface area contributed by atoms with E-state index in [-0.39, 0.29) is 10.3 Å².